The number of carbonyl (C=O) groups is 4. The fraction of sp³-hybridized carbons (Fsp3) is 0.760. The average molecular weight is 1370 g/mol. The van der Waals surface area contributed by atoms with Crippen LogP contribution in [0.4, 0.5) is 0 Å². The lowest BCUT2D eigenvalue weighted by Crippen LogP contribution is -2.30. The van der Waals surface area contributed by atoms with Gasteiger partial charge in [0.2, 0.25) is 0 Å². The van der Waals surface area contributed by atoms with Gasteiger partial charge in [-0.25, -0.2) is 9.13 Å². The zero-order chi connectivity index (χ0) is 69.0. The smallest absolute Gasteiger partial charge is 0.462 e. The van der Waals surface area contributed by atoms with Crippen LogP contribution in [0.25, 0.3) is 0 Å². The highest BCUT2D eigenvalue weighted by atomic mass is 31.2. The van der Waals surface area contributed by atoms with Crippen LogP contribution in [-0.2, 0) is 65.4 Å². The minimum atomic E-state index is -4.97. The number of unbranched alkanes of at least 4 members (excludes halogenated alkanes) is 29. The summed E-state index contributed by atoms with van der Waals surface area (Å²) in [5, 5.41) is 10.6. The fourth-order valence-corrected chi connectivity index (χ4v) is 11.3. The summed E-state index contributed by atoms with van der Waals surface area (Å²) in [7, 11) is -9.94. The molecule has 0 aliphatic heterocycles. The maximum absolute atomic E-state index is 13.0. The Bertz CT molecular complexity index is 2120. The van der Waals surface area contributed by atoms with E-state index in [1.165, 1.54) is 51.4 Å². The van der Waals surface area contributed by atoms with Crippen molar-refractivity contribution < 1.29 is 80.2 Å². The molecule has 0 aromatic rings. The molecular weight excluding hydrogens is 1230 g/mol. The average Bonchev–Trinajstić information content (AvgIpc) is 1.32. The minimum Gasteiger partial charge on any atom is -0.462 e. The number of aliphatic hydroxyl groups is 1. The number of esters is 4. The number of phosphoric acid groups is 2. The lowest BCUT2D eigenvalue weighted by atomic mass is 10.1. The minimum absolute atomic E-state index is 0.0834. The topological polar surface area (TPSA) is 237 Å². The van der Waals surface area contributed by atoms with Crippen LogP contribution in [0.1, 0.15) is 310 Å². The maximum Gasteiger partial charge on any atom is 0.472 e. The number of carbonyl (C=O) groups excluding carboxylic acids is 4. The molecule has 0 amide bonds. The molecule has 3 N–H and O–H groups in total. The molecule has 5 unspecified atom stereocenters. The molecule has 94 heavy (non-hydrogen) atoms. The molecule has 0 saturated heterocycles. The van der Waals surface area contributed by atoms with Gasteiger partial charge in [-0.3, -0.25) is 37.3 Å². The molecule has 0 aromatic heterocycles. The fourth-order valence-electron chi connectivity index (χ4n) is 9.76. The summed E-state index contributed by atoms with van der Waals surface area (Å²) in [5.41, 5.74) is 0. The molecule has 0 saturated carbocycles. The van der Waals surface area contributed by atoms with E-state index in [0.717, 1.165) is 180 Å². The first-order chi connectivity index (χ1) is 45.7. The lowest BCUT2D eigenvalue weighted by Gasteiger charge is -2.21. The summed E-state index contributed by atoms with van der Waals surface area (Å²) in [6.07, 6.45) is 67.3. The summed E-state index contributed by atoms with van der Waals surface area (Å²) in [4.78, 5) is 72.6. The molecule has 17 nitrogen and oxygen atoms in total. The van der Waals surface area contributed by atoms with Gasteiger partial charge in [0.1, 0.15) is 19.3 Å². The number of aliphatic hydroxyl groups excluding tert-OH is 1. The predicted octanol–water partition coefficient (Wildman–Crippen LogP) is 20.7. The van der Waals surface area contributed by atoms with Crippen molar-refractivity contribution in [1.82, 2.24) is 0 Å². The Kier molecular flexibility index (Phi) is 65.1. The van der Waals surface area contributed by atoms with Gasteiger partial charge in [-0.2, -0.15) is 0 Å². The predicted molar refractivity (Wildman–Crippen MR) is 381 cm³/mol. The molecule has 0 aliphatic rings. The van der Waals surface area contributed by atoms with E-state index in [0.29, 0.717) is 25.7 Å². The van der Waals surface area contributed by atoms with E-state index in [1.54, 1.807) is 0 Å². The first-order valence-electron chi connectivity index (χ1n) is 36.8. The van der Waals surface area contributed by atoms with E-state index in [4.69, 9.17) is 37.0 Å². The normalized spacial score (nSPS) is 14.5. The van der Waals surface area contributed by atoms with Crippen LogP contribution in [0.5, 0.6) is 0 Å². The zero-order valence-corrected chi connectivity index (χ0v) is 60.9. The SMILES string of the molecule is CC/C=C\C/C=C\C/C=C\CCCCCCCCCC(=O)OCC(COP(=O)(O)OCC(O)COP(=O)(O)OCC(COC(=O)CCCCCCC/C=C\C/C=C\C/C=C\CC)OC(=O)CCCCCCCCCCCCC)OC(=O)CCCCCCC/C=C\CCCC. The maximum atomic E-state index is 13.0. The van der Waals surface area contributed by atoms with Crippen LogP contribution < -0.4 is 0 Å². The molecule has 19 heteroatoms. The molecule has 0 aliphatic carbocycles. The van der Waals surface area contributed by atoms with Crippen molar-refractivity contribution in [2.45, 2.75) is 329 Å². The Balaban J connectivity index is 5.29. The molecule has 0 aromatic carbocycles. The quantitative estimate of drug-likeness (QED) is 0.0169. The second kappa shape index (κ2) is 67.8. The summed E-state index contributed by atoms with van der Waals surface area (Å²) in [6, 6.07) is 0. The van der Waals surface area contributed by atoms with Gasteiger partial charge >= 0.3 is 39.5 Å². The van der Waals surface area contributed by atoms with Crippen molar-refractivity contribution in [1.29, 1.82) is 0 Å². The van der Waals surface area contributed by atoms with Gasteiger partial charge in [0.15, 0.2) is 12.2 Å². The van der Waals surface area contributed by atoms with Gasteiger partial charge in [0, 0.05) is 25.7 Å². The van der Waals surface area contributed by atoms with E-state index in [2.05, 4.69) is 113 Å². The molecule has 0 bridgehead atoms. The number of allylic oxidation sites excluding steroid dienone is 14. The first kappa shape index (κ1) is 90.2. The van der Waals surface area contributed by atoms with Gasteiger partial charge in [0.25, 0.3) is 0 Å². The second-order valence-corrected chi connectivity index (χ2v) is 27.4. The second-order valence-electron chi connectivity index (χ2n) is 24.5. The summed E-state index contributed by atoms with van der Waals surface area (Å²) >= 11 is 0. The third-order valence-corrected chi connectivity index (χ3v) is 17.3. The van der Waals surface area contributed by atoms with Crippen molar-refractivity contribution in [2.24, 2.45) is 0 Å². The largest absolute Gasteiger partial charge is 0.472 e. The van der Waals surface area contributed by atoms with Gasteiger partial charge in [-0.15, -0.1) is 0 Å². The summed E-state index contributed by atoms with van der Waals surface area (Å²) in [5.74, 6) is -2.20. The van der Waals surface area contributed by atoms with Gasteiger partial charge in [-0.1, -0.05) is 260 Å². The monoisotopic (exact) mass is 1370 g/mol. The van der Waals surface area contributed by atoms with Gasteiger partial charge in [0.05, 0.1) is 26.4 Å². The molecular formula is C75H132O17P2. The standard InChI is InChI=1S/C75H132O17P2/c1-5-9-13-17-21-25-29-31-33-34-36-38-42-44-48-52-56-60-73(78)86-66-71(92-75(80)62-58-54-50-46-40-28-24-20-16-12-8-4)68-90-94(83,84)88-64-69(76)63-87-93(81,82)89-67-70(91-74(79)61-57-53-49-45-39-27-23-19-15-11-7-3)65-85-72(77)59-55-51-47-43-41-37-35-32-30-26-22-18-14-10-6-2/h9-10,13-14,20-22,24-26,31-33,35,69-71,76H,5-8,11-12,15-19,23,27-30,34,36-68H2,1-4H3,(H,81,82)(H,83,84)/b13-9-,14-10-,24-20-,25-21-,26-22-,33-31-,35-32-. The Hall–Kier alpha value is -3.76. The molecule has 0 rings (SSSR count). The van der Waals surface area contributed by atoms with E-state index in [-0.39, 0.29) is 25.7 Å². The highest BCUT2D eigenvalue weighted by Gasteiger charge is 2.30. The number of hydrogen-bond donors (Lipinski definition) is 3. The molecule has 5 atom stereocenters. The molecule has 544 valence electrons. The summed E-state index contributed by atoms with van der Waals surface area (Å²) < 4.78 is 68.3. The molecule has 0 spiro atoms. The van der Waals surface area contributed by atoms with E-state index >= 15 is 0 Å². The molecule has 0 heterocycles. The van der Waals surface area contributed by atoms with E-state index < -0.39 is 97.5 Å². The number of hydrogen-bond acceptors (Lipinski definition) is 15. The van der Waals surface area contributed by atoms with Crippen molar-refractivity contribution in [3.05, 3.63) is 85.1 Å². The van der Waals surface area contributed by atoms with Gasteiger partial charge < -0.3 is 33.8 Å². The van der Waals surface area contributed by atoms with Crippen LogP contribution in [0.15, 0.2) is 85.1 Å². The van der Waals surface area contributed by atoms with Crippen molar-refractivity contribution in [2.75, 3.05) is 39.6 Å². The van der Waals surface area contributed by atoms with Crippen molar-refractivity contribution in [3.63, 3.8) is 0 Å². The Labute approximate surface area is 570 Å². The lowest BCUT2D eigenvalue weighted by molar-refractivity contribution is -0.161. The molecule has 0 fully saturated rings. The van der Waals surface area contributed by atoms with Crippen LogP contribution >= 0.6 is 15.6 Å². The van der Waals surface area contributed by atoms with Crippen LogP contribution in [0.2, 0.25) is 0 Å². The van der Waals surface area contributed by atoms with E-state index in [1.807, 2.05) is 0 Å². The van der Waals surface area contributed by atoms with Crippen LogP contribution in [0, 0.1) is 0 Å². The highest BCUT2D eigenvalue weighted by Crippen LogP contribution is 2.45. The number of ether oxygens (including phenoxy) is 4. The van der Waals surface area contributed by atoms with Gasteiger partial charge in [-0.05, 0) is 109 Å². The van der Waals surface area contributed by atoms with Crippen LogP contribution in [-0.4, -0.2) is 96.7 Å². The Morgan fingerprint density at radius 3 is 0.894 bits per heavy atom. The van der Waals surface area contributed by atoms with Crippen molar-refractivity contribution >= 4 is 39.5 Å². The van der Waals surface area contributed by atoms with E-state index in [9.17, 15) is 43.2 Å². The number of phosphoric ester groups is 2. The van der Waals surface area contributed by atoms with Crippen LogP contribution in [0.3, 0.4) is 0 Å². The third kappa shape index (κ3) is 66.8. The Morgan fingerprint density at radius 2 is 0.564 bits per heavy atom. The summed E-state index contributed by atoms with van der Waals surface area (Å²) in [6.45, 7) is 4.58. The van der Waals surface area contributed by atoms with Crippen molar-refractivity contribution in [3.8, 4) is 0 Å². The molecule has 0 radical (unpaired) electrons. The number of rotatable bonds is 69. The zero-order valence-electron chi connectivity index (χ0n) is 59.1. The first-order valence-corrected chi connectivity index (χ1v) is 39.8. The Morgan fingerprint density at radius 1 is 0.309 bits per heavy atom. The highest BCUT2D eigenvalue weighted by molar-refractivity contribution is 7.47. The third-order valence-electron chi connectivity index (χ3n) is 15.4.